The third kappa shape index (κ3) is 4.54. The topological polar surface area (TPSA) is 58.0 Å². The molecule has 6 heteroatoms. The summed E-state index contributed by atoms with van der Waals surface area (Å²) in [6.07, 6.45) is 4.98. The summed E-state index contributed by atoms with van der Waals surface area (Å²) >= 11 is 0. The van der Waals surface area contributed by atoms with E-state index in [1.165, 1.54) is 5.56 Å². The number of rotatable bonds is 5. The molecule has 0 N–H and O–H groups in total. The number of hydrogen-bond donors (Lipinski definition) is 0. The zero-order chi connectivity index (χ0) is 19.6. The lowest BCUT2D eigenvalue weighted by molar-refractivity contribution is 0.473. The molecule has 1 saturated heterocycles. The van der Waals surface area contributed by atoms with Crippen molar-refractivity contribution in [1.29, 1.82) is 0 Å². The average molecular weight is 369 g/mol. The van der Waals surface area contributed by atoms with Crippen LogP contribution in [-0.2, 0) is 6.42 Å². The van der Waals surface area contributed by atoms with Gasteiger partial charge < -0.3 is 9.80 Å². The van der Waals surface area contributed by atoms with Gasteiger partial charge in [0.2, 0.25) is 5.95 Å². The third-order valence-electron chi connectivity index (χ3n) is 5.46. The maximum atomic E-state index is 4.83. The SMILES string of the molecule is Cc1cnnc(N(C)C2CCN(c3nc(C)c(CC(C)C)c(C)n3)CC2)c1. The van der Waals surface area contributed by atoms with Crippen LogP contribution in [0.4, 0.5) is 11.8 Å². The van der Waals surface area contributed by atoms with Crippen LogP contribution in [0.5, 0.6) is 0 Å². The standard InChI is InChI=1S/C21H32N6/c1-14(2)11-19-16(4)23-21(24-17(19)5)27-9-7-18(8-10-27)26(6)20-12-15(3)13-22-25-20/h12-14,18H,7-11H2,1-6H3. The van der Waals surface area contributed by atoms with Crippen molar-refractivity contribution in [3.63, 3.8) is 0 Å². The van der Waals surface area contributed by atoms with Crippen molar-refractivity contribution in [2.24, 2.45) is 5.92 Å². The van der Waals surface area contributed by atoms with Gasteiger partial charge in [-0.1, -0.05) is 13.8 Å². The zero-order valence-electron chi connectivity index (χ0n) is 17.5. The van der Waals surface area contributed by atoms with Crippen LogP contribution in [0.15, 0.2) is 12.3 Å². The van der Waals surface area contributed by atoms with Gasteiger partial charge in [0, 0.05) is 37.6 Å². The molecule has 0 unspecified atom stereocenters. The first kappa shape index (κ1) is 19.5. The lowest BCUT2D eigenvalue weighted by atomic mass is 10.0. The van der Waals surface area contributed by atoms with E-state index in [-0.39, 0.29) is 0 Å². The molecule has 1 aliphatic heterocycles. The number of aromatic nitrogens is 4. The molecule has 0 bridgehead atoms. The number of piperidine rings is 1. The minimum absolute atomic E-state index is 0.472. The monoisotopic (exact) mass is 368 g/mol. The normalized spacial score (nSPS) is 15.4. The van der Waals surface area contributed by atoms with E-state index in [4.69, 9.17) is 9.97 Å². The van der Waals surface area contributed by atoms with Gasteiger partial charge in [0.1, 0.15) is 0 Å². The molecular formula is C21H32N6. The van der Waals surface area contributed by atoms with Gasteiger partial charge in [-0.3, -0.25) is 0 Å². The highest BCUT2D eigenvalue weighted by molar-refractivity contribution is 5.41. The van der Waals surface area contributed by atoms with Crippen LogP contribution in [0.3, 0.4) is 0 Å². The van der Waals surface area contributed by atoms with E-state index in [1.807, 2.05) is 0 Å². The van der Waals surface area contributed by atoms with Crippen LogP contribution < -0.4 is 9.80 Å². The lowest BCUT2D eigenvalue weighted by Crippen LogP contribution is -2.44. The third-order valence-corrected chi connectivity index (χ3v) is 5.46. The summed E-state index contributed by atoms with van der Waals surface area (Å²) in [7, 11) is 2.12. The first-order valence-electron chi connectivity index (χ1n) is 9.96. The maximum absolute atomic E-state index is 4.83. The van der Waals surface area contributed by atoms with E-state index >= 15 is 0 Å². The summed E-state index contributed by atoms with van der Waals surface area (Å²) in [5.41, 5.74) is 4.70. The Hall–Kier alpha value is -2.24. The first-order valence-corrected chi connectivity index (χ1v) is 9.96. The summed E-state index contributed by atoms with van der Waals surface area (Å²) < 4.78 is 0. The van der Waals surface area contributed by atoms with Crippen LogP contribution >= 0.6 is 0 Å². The number of nitrogens with zero attached hydrogens (tertiary/aromatic N) is 6. The van der Waals surface area contributed by atoms with Crippen molar-refractivity contribution in [2.45, 2.75) is 59.9 Å². The second-order valence-electron chi connectivity index (χ2n) is 8.19. The van der Waals surface area contributed by atoms with E-state index in [0.717, 1.165) is 61.1 Å². The van der Waals surface area contributed by atoms with Gasteiger partial charge in [0.05, 0.1) is 6.20 Å². The van der Waals surface area contributed by atoms with Crippen molar-refractivity contribution in [2.75, 3.05) is 29.9 Å². The van der Waals surface area contributed by atoms with Crippen molar-refractivity contribution in [1.82, 2.24) is 20.2 Å². The molecule has 0 radical (unpaired) electrons. The largest absolute Gasteiger partial charge is 0.355 e. The first-order chi connectivity index (χ1) is 12.8. The van der Waals surface area contributed by atoms with E-state index in [2.05, 4.69) is 67.7 Å². The smallest absolute Gasteiger partial charge is 0.225 e. The van der Waals surface area contributed by atoms with Crippen LogP contribution in [0.25, 0.3) is 0 Å². The minimum atomic E-state index is 0.472. The number of anilines is 2. The Morgan fingerprint density at radius 1 is 1.11 bits per heavy atom. The molecule has 0 atom stereocenters. The van der Waals surface area contributed by atoms with Gasteiger partial charge in [-0.05, 0) is 63.1 Å². The molecule has 1 fully saturated rings. The molecule has 2 aromatic rings. The van der Waals surface area contributed by atoms with Crippen molar-refractivity contribution in [3.8, 4) is 0 Å². The van der Waals surface area contributed by atoms with Gasteiger partial charge in [-0.2, -0.15) is 5.10 Å². The fourth-order valence-electron chi connectivity index (χ4n) is 3.83. The Balaban J connectivity index is 1.67. The lowest BCUT2D eigenvalue weighted by Gasteiger charge is -2.37. The molecule has 0 aliphatic carbocycles. The number of hydrogen-bond acceptors (Lipinski definition) is 6. The highest BCUT2D eigenvalue weighted by Crippen LogP contribution is 2.24. The van der Waals surface area contributed by atoms with Crippen LogP contribution in [0, 0.1) is 26.7 Å². The Labute approximate surface area is 163 Å². The van der Waals surface area contributed by atoms with Gasteiger partial charge in [-0.15, -0.1) is 5.10 Å². The Morgan fingerprint density at radius 3 is 2.30 bits per heavy atom. The van der Waals surface area contributed by atoms with Crippen molar-refractivity contribution in [3.05, 3.63) is 34.8 Å². The summed E-state index contributed by atoms with van der Waals surface area (Å²) in [5.74, 6) is 2.45. The fraction of sp³-hybridized carbons (Fsp3) is 0.619. The molecule has 6 nitrogen and oxygen atoms in total. The summed E-state index contributed by atoms with van der Waals surface area (Å²) in [5, 5.41) is 8.37. The molecule has 27 heavy (non-hydrogen) atoms. The molecule has 0 aromatic carbocycles. The van der Waals surface area contributed by atoms with Crippen LogP contribution in [0.1, 0.15) is 49.2 Å². The summed E-state index contributed by atoms with van der Waals surface area (Å²) in [6.45, 7) is 12.7. The predicted octanol–water partition coefficient (Wildman–Crippen LogP) is 3.50. The van der Waals surface area contributed by atoms with E-state index in [1.54, 1.807) is 6.20 Å². The van der Waals surface area contributed by atoms with Gasteiger partial charge in [0.15, 0.2) is 5.82 Å². The second kappa shape index (κ2) is 8.19. The average Bonchev–Trinajstić information content (AvgIpc) is 2.64. The molecule has 146 valence electrons. The van der Waals surface area contributed by atoms with Crippen molar-refractivity contribution < 1.29 is 0 Å². The second-order valence-corrected chi connectivity index (χ2v) is 8.19. The predicted molar refractivity (Wildman–Crippen MR) is 110 cm³/mol. The molecular weight excluding hydrogens is 336 g/mol. The Morgan fingerprint density at radius 2 is 1.74 bits per heavy atom. The highest BCUT2D eigenvalue weighted by Gasteiger charge is 2.25. The minimum Gasteiger partial charge on any atom is -0.355 e. The fourth-order valence-corrected chi connectivity index (χ4v) is 3.83. The molecule has 3 heterocycles. The molecule has 0 amide bonds. The maximum Gasteiger partial charge on any atom is 0.225 e. The summed E-state index contributed by atoms with van der Waals surface area (Å²) in [6, 6.07) is 2.57. The van der Waals surface area contributed by atoms with E-state index in [9.17, 15) is 0 Å². The molecule has 1 aliphatic rings. The van der Waals surface area contributed by atoms with E-state index in [0.29, 0.717) is 12.0 Å². The zero-order valence-corrected chi connectivity index (χ0v) is 17.5. The molecule has 0 spiro atoms. The molecule has 0 saturated carbocycles. The number of aryl methyl sites for hydroxylation is 3. The van der Waals surface area contributed by atoms with E-state index < -0.39 is 0 Å². The Bertz CT molecular complexity index is 757. The quantitative estimate of drug-likeness (QED) is 0.805. The Kier molecular flexibility index (Phi) is 5.92. The van der Waals surface area contributed by atoms with Gasteiger partial charge in [-0.25, -0.2) is 9.97 Å². The molecule has 2 aromatic heterocycles. The molecule has 3 rings (SSSR count). The van der Waals surface area contributed by atoms with Crippen molar-refractivity contribution >= 4 is 11.8 Å². The van der Waals surface area contributed by atoms with Gasteiger partial charge >= 0.3 is 0 Å². The summed E-state index contributed by atoms with van der Waals surface area (Å²) in [4.78, 5) is 14.2. The van der Waals surface area contributed by atoms with Crippen LogP contribution in [0.2, 0.25) is 0 Å². The van der Waals surface area contributed by atoms with Gasteiger partial charge in [0.25, 0.3) is 0 Å². The highest BCUT2D eigenvalue weighted by atomic mass is 15.3. The van der Waals surface area contributed by atoms with Crippen LogP contribution in [-0.4, -0.2) is 46.3 Å².